The molecule has 0 aromatic carbocycles. The lowest BCUT2D eigenvalue weighted by molar-refractivity contribution is 0.184. The molecule has 1 heterocycles. The van der Waals surface area contributed by atoms with Crippen LogP contribution in [0.15, 0.2) is 36.5 Å². The Morgan fingerprint density at radius 2 is 1.00 bits per heavy atom. The van der Waals surface area contributed by atoms with E-state index in [2.05, 4.69) is 0 Å². The smallest absolute Gasteiger partial charge is 0.0654 e. The molecule has 0 saturated carbocycles. The minimum absolute atomic E-state index is 0.664. The highest BCUT2D eigenvalue weighted by Crippen LogP contribution is 1.86. The van der Waals surface area contributed by atoms with Gasteiger partial charge in [-0.3, -0.25) is 0 Å². The first-order chi connectivity index (χ1) is 6.00. The standard InChI is InChI=1S/C10H14O2/c1-2-4-8-12-10-6-5-9-11-7-3-1/h1-6H,7-10H2/b3-1+,4-2+,6-5+. The fraction of sp³-hybridized carbons (Fsp3) is 0.400. The van der Waals surface area contributed by atoms with Gasteiger partial charge in [-0.15, -0.1) is 0 Å². The number of allylic oxidation sites excluding steroid dienone is 2. The topological polar surface area (TPSA) is 18.5 Å². The molecule has 0 saturated heterocycles. The predicted octanol–water partition coefficient (Wildman–Crippen LogP) is 1.70. The molecule has 1 rings (SSSR count). The number of ether oxygens (including phenoxy) is 2. The lowest BCUT2D eigenvalue weighted by Gasteiger charge is -1.97. The van der Waals surface area contributed by atoms with E-state index >= 15 is 0 Å². The molecule has 0 atom stereocenters. The summed E-state index contributed by atoms with van der Waals surface area (Å²) in [6.45, 7) is 2.68. The third-order valence-corrected chi connectivity index (χ3v) is 1.41. The van der Waals surface area contributed by atoms with Crippen LogP contribution >= 0.6 is 0 Å². The lowest BCUT2D eigenvalue weighted by Crippen LogP contribution is -1.94. The van der Waals surface area contributed by atoms with Crippen LogP contribution in [0.5, 0.6) is 0 Å². The molecule has 12 heavy (non-hydrogen) atoms. The highest BCUT2D eigenvalue weighted by molar-refractivity contribution is 5.02. The lowest BCUT2D eigenvalue weighted by atomic mass is 10.4. The molecule has 0 unspecified atom stereocenters. The SMILES string of the molecule is C1=C/COC/C=C/COC/C=C/1. The normalized spacial score (nSPS) is 28.0. The summed E-state index contributed by atoms with van der Waals surface area (Å²) in [6.07, 6.45) is 11.8. The van der Waals surface area contributed by atoms with Crippen LogP contribution in [-0.2, 0) is 9.47 Å². The van der Waals surface area contributed by atoms with Gasteiger partial charge >= 0.3 is 0 Å². The molecule has 0 aromatic rings. The molecule has 0 aromatic heterocycles. The molecule has 0 amide bonds. The van der Waals surface area contributed by atoms with Gasteiger partial charge in [-0.1, -0.05) is 36.5 Å². The average Bonchev–Trinajstić information content (AvgIpc) is 2.05. The van der Waals surface area contributed by atoms with Crippen molar-refractivity contribution in [1.82, 2.24) is 0 Å². The van der Waals surface area contributed by atoms with E-state index in [9.17, 15) is 0 Å². The second-order valence-electron chi connectivity index (χ2n) is 2.40. The Morgan fingerprint density at radius 3 is 1.50 bits per heavy atom. The summed E-state index contributed by atoms with van der Waals surface area (Å²) >= 11 is 0. The zero-order valence-corrected chi connectivity index (χ0v) is 7.11. The summed E-state index contributed by atoms with van der Waals surface area (Å²) in [4.78, 5) is 0. The van der Waals surface area contributed by atoms with Crippen LogP contribution in [0.25, 0.3) is 0 Å². The molecule has 0 fully saturated rings. The Balaban J connectivity index is 2.30. The van der Waals surface area contributed by atoms with Crippen LogP contribution in [0, 0.1) is 0 Å². The first-order valence-corrected chi connectivity index (χ1v) is 4.12. The molecular formula is C10H14O2. The van der Waals surface area contributed by atoms with Crippen LogP contribution in [0.1, 0.15) is 0 Å². The Hall–Kier alpha value is -0.860. The summed E-state index contributed by atoms with van der Waals surface area (Å²) in [7, 11) is 0. The molecular weight excluding hydrogens is 152 g/mol. The van der Waals surface area contributed by atoms with Crippen LogP contribution in [-0.4, -0.2) is 26.4 Å². The van der Waals surface area contributed by atoms with E-state index in [4.69, 9.17) is 9.47 Å². The zero-order valence-electron chi connectivity index (χ0n) is 7.11. The van der Waals surface area contributed by atoms with Crippen LogP contribution < -0.4 is 0 Å². The van der Waals surface area contributed by atoms with Gasteiger partial charge in [0, 0.05) is 0 Å². The van der Waals surface area contributed by atoms with Crippen molar-refractivity contribution in [2.75, 3.05) is 26.4 Å². The van der Waals surface area contributed by atoms with Crippen molar-refractivity contribution in [2.24, 2.45) is 0 Å². The van der Waals surface area contributed by atoms with E-state index in [1.807, 2.05) is 36.5 Å². The van der Waals surface area contributed by atoms with Gasteiger partial charge in [-0.2, -0.15) is 0 Å². The van der Waals surface area contributed by atoms with Crippen LogP contribution in [0.3, 0.4) is 0 Å². The molecule has 2 nitrogen and oxygen atoms in total. The van der Waals surface area contributed by atoms with Gasteiger partial charge in [0.25, 0.3) is 0 Å². The van der Waals surface area contributed by atoms with Gasteiger partial charge in [0.15, 0.2) is 0 Å². The summed E-state index contributed by atoms with van der Waals surface area (Å²) in [5, 5.41) is 0. The first-order valence-electron chi connectivity index (χ1n) is 4.12. The number of hydrogen-bond acceptors (Lipinski definition) is 2. The van der Waals surface area contributed by atoms with Gasteiger partial charge in [0.1, 0.15) is 0 Å². The molecule has 1 aliphatic heterocycles. The van der Waals surface area contributed by atoms with E-state index in [1.165, 1.54) is 0 Å². The van der Waals surface area contributed by atoms with Crippen molar-refractivity contribution in [3.05, 3.63) is 36.5 Å². The third kappa shape index (κ3) is 4.88. The third-order valence-electron chi connectivity index (χ3n) is 1.41. The maximum Gasteiger partial charge on any atom is 0.0654 e. The summed E-state index contributed by atoms with van der Waals surface area (Å²) in [5.41, 5.74) is 0. The minimum Gasteiger partial charge on any atom is -0.373 e. The molecule has 1 aliphatic rings. The summed E-state index contributed by atoms with van der Waals surface area (Å²) in [5.74, 6) is 0. The van der Waals surface area contributed by atoms with Crippen LogP contribution in [0.2, 0.25) is 0 Å². The maximum atomic E-state index is 5.24. The summed E-state index contributed by atoms with van der Waals surface area (Å²) < 4.78 is 10.5. The molecule has 0 spiro atoms. The second kappa shape index (κ2) is 6.83. The Morgan fingerprint density at radius 1 is 0.583 bits per heavy atom. The predicted molar refractivity (Wildman–Crippen MR) is 49.1 cm³/mol. The van der Waals surface area contributed by atoms with Gasteiger partial charge in [-0.05, 0) is 0 Å². The van der Waals surface area contributed by atoms with E-state index in [0.29, 0.717) is 26.4 Å². The van der Waals surface area contributed by atoms with Crippen molar-refractivity contribution in [1.29, 1.82) is 0 Å². The average molecular weight is 166 g/mol. The zero-order chi connectivity index (χ0) is 8.49. The van der Waals surface area contributed by atoms with Crippen molar-refractivity contribution >= 4 is 0 Å². The first kappa shape index (κ1) is 9.23. The highest BCUT2D eigenvalue weighted by atomic mass is 16.5. The molecule has 0 radical (unpaired) electrons. The number of hydrogen-bond donors (Lipinski definition) is 0. The highest BCUT2D eigenvalue weighted by Gasteiger charge is 1.81. The van der Waals surface area contributed by atoms with Crippen LogP contribution in [0.4, 0.5) is 0 Å². The van der Waals surface area contributed by atoms with Gasteiger partial charge < -0.3 is 9.47 Å². The minimum atomic E-state index is 0.664. The molecule has 2 heteroatoms. The molecule has 66 valence electrons. The van der Waals surface area contributed by atoms with Gasteiger partial charge in [0.2, 0.25) is 0 Å². The maximum absolute atomic E-state index is 5.24. The fourth-order valence-electron chi connectivity index (χ4n) is 0.813. The largest absolute Gasteiger partial charge is 0.373 e. The molecule has 0 bridgehead atoms. The Kier molecular flexibility index (Phi) is 5.25. The van der Waals surface area contributed by atoms with Gasteiger partial charge in [-0.25, -0.2) is 0 Å². The fourth-order valence-corrected chi connectivity index (χ4v) is 0.813. The molecule has 0 N–H and O–H groups in total. The van der Waals surface area contributed by atoms with E-state index in [-0.39, 0.29) is 0 Å². The van der Waals surface area contributed by atoms with Crippen molar-refractivity contribution in [2.45, 2.75) is 0 Å². The van der Waals surface area contributed by atoms with Gasteiger partial charge in [0.05, 0.1) is 26.4 Å². The summed E-state index contributed by atoms with van der Waals surface area (Å²) in [6, 6.07) is 0. The van der Waals surface area contributed by atoms with Crippen molar-refractivity contribution in [3.8, 4) is 0 Å². The Bertz CT molecular complexity index is 160. The van der Waals surface area contributed by atoms with E-state index in [1.54, 1.807) is 0 Å². The monoisotopic (exact) mass is 166 g/mol. The van der Waals surface area contributed by atoms with Crippen molar-refractivity contribution in [3.63, 3.8) is 0 Å². The van der Waals surface area contributed by atoms with E-state index < -0.39 is 0 Å². The quantitative estimate of drug-likeness (QED) is 0.510. The Labute approximate surface area is 73.2 Å². The molecule has 0 aliphatic carbocycles. The van der Waals surface area contributed by atoms with E-state index in [0.717, 1.165) is 0 Å². The number of rotatable bonds is 0. The second-order valence-corrected chi connectivity index (χ2v) is 2.40. The van der Waals surface area contributed by atoms with Crippen molar-refractivity contribution < 1.29 is 9.47 Å².